The number of hydrogen-bond acceptors (Lipinski definition) is 5. The van der Waals surface area contributed by atoms with Crippen LogP contribution in [0.1, 0.15) is 44.2 Å². The zero-order valence-electron chi connectivity index (χ0n) is 15.7. The molecular formula is C20H30Cl2N4S. The van der Waals surface area contributed by atoms with Crippen molar-refractivity contribution in [3.63, 3.8) is 0 Å². The van der Waals surface area contributed by atoms with Gasteiger partial charge in [0.25, 0.3) is 0 Å². The molecule has 2 aromatic rings. The fourth-order valence-corrected chi connectivity index (χ4v) is 5.18. The highest BCUT2D eigenvalue weighted by Crippen LogP contribution is 2.43. The number of aromatic nitrogens is 2. The van der Waals surface area contributed by atoms with Crippen LogP contribution < -0.4 is 10.6 Å². The van der Waals surface area contributed by atoms with Crippen LogP contribution in [-0.2, 0) is 6.42 Å². The van der Waals surface area contributed by atoms with Crippen LogP contribution in [0.25, 0.3) is 10.6 Å². The van der Waals surface area contributed by atoms with Crippen LogP contribution in [-0.4, -0.2) is 35.6 Å². The molecule has 3 heterocycles. The highest BCUT2D eigenvalue weighted by molar-refractivity contribution is 7.13. The Hall–Kier alpha value is -0.720. The van der Waals surface area contributed by atoms with Gasteiger partial charge in [-0.3, -0.25) is 4.98 Å². The molecule has 0 amide bonds. The topological polar surface area (TPSA) is 49.8 Å². The first-order valence-corrected chi connectivity index (χ1v) is 10.5. The van der Waals surface area contributed by atoms with Crippen LogP contribution in [0.3, 0.4) is 0 Å². The highest BCUT2D eigenvalue weighted by atomic mass is 35.5. The predicted molar refractivity (Wildman–Crippen MR) is 118 cm³/mol. The number of halogens is 2. The van der Waals surface area contributed by atoms with Crippen molar-refractivity contribution in [2.24, 2.45) is 5.41 Å². The van der Waals surface area contributed by atoms with Crippen LogP contribution in [0, 0.1) is 5.41 Å². The smallest absolute Gasteiger partial charge is 0.125 e. The molecule has 2 aliphatic rings. The van der Waals surface area contributed by atoms with Crippen molar-refractivity contribution in [2.45, 2.75) is 51.0 Å². The predicted octanol–water partition coefficient (Wildman–Crippen LogP) is 4.49. The Morgan fingerprint density at radius 1 is 1.15 bits per heavy atom. The van der Waals surface area contributed by atoms with Crippen molar-refractivity contribution < 1.29 is 0 Å². The summed E-state index contributed by atoms with van der Waals surface area (Å²) in [6, 6.07) is 4.75. The van der Waals surface area contributed by atoms with Crippen LogP contribution in [0.2, 0.25) is 0 Å². The van der Waals surface area contributed by atoms with Gasteiger partial charge in [-0.05, 0) is 69.2 Å². The maximum absolute atomic E-state index is 4.76. The lowest BCUT2D eigenvalue weighted by Crippen LogP contribution is -2.43. The molecule has 0 aromatic carbocycles. The quantitative estimate of drug-likeness (QED) is 0.735. The van der Waals surface area contributed by atoms with Crippen molar-refractivity contribution in [3.05, 3.63) is 35.6 Å². The number of rotatable bonds is 5. The number of piperidine rings is 1. The Bertz CT molecular complexity index is 664. The third kappa shape index (κ3) is 5.88. The first kappa shape index (κ1) is 22.6. The van der Waals surface area contributed by atoms with Gasteiger partial charge in [-0.2, -0.15) is 0 Å². The van der Waals surface area contributed by atoms with Gasteiger partial charge < -0.3 is 10.6 Å². The van der Waals surface area contributed by atoms with E-state index in [-0.39, 0.29) is 24.8 Å². The summed E-state index contributed by atoms with van der Waals surface area (Å²) in [7, 11) is 0. The van der Waals surface area contributed by atoms with E-state index in [4.69, 9.17) is 4.98 Å². The summed E-state index contributed by atoms with van der Waals surface area (Å²) in [6.45, 7) is 3.48. The summed E-state index contributed by atoms with van der Waals surface area (Å²) in [6.07, 6.45) is 13.0. The minimum absolute atomic E-state index is 0. The van der Waals surface area contributed by atoms with Crippen molar-refractivity contribution in [1.29, 1.82) is 0 Å². The molecule has 1 spiro atoms. The third-order valence-corrected chi connectivity index (χ3v) is 6.93. The van der Waals surface area contributed by atoms with Gasteiger partial charge in [-0.1, -0.05) is 0 Å². The molecule has 2 aromatic heterocycles. The van der Waals surface area contributed by atoms with Gasteiger partial charge in [0.1, 0.15) is 5.01 Å². The fraction of sp³-hybridized carbons (Fsp3) is 0.600. The summed E-state index contributed by atoms with van der Waals surface area (Å²) < 4.78 is 0. The molecule has 2 fully saturated rings. The summed E-state index contributed by atoms with van der Waals surface area (Å²) in [5, 5.41) is 10.6. The molecule has 150 valence electrons. The number of pyridine rings is 1. The van der Waals surface area contributed by atoms with Crippen molar-refractivity contribution in [2.75, 3.05) is 19.6 Å². The molecule has 0 bridgehead atoms. The van der Waals surface area contributed by atoms with E-state index >= 15 is 0 Å². The molecular weight excluding hydrogens is 399 g/mol. The molecule has 4 nitrogen and oxygen atoms in total. The second kappa shape index (κ2) is 10.7. The van der Waals surface area contributed by atoms with Crippen molar-refractivity contribution in [3.8, 4) is 10.6 Å². The Kier molecular flexibility index (Phi) is 8.96. The van der Waals surface area contributed by atoms with E-state index in [9.17, 15) is 0 Å². The minimum atomic E-state index is 0. The number of nitrogens with one attached hydrogen (secondary N) is 2. The lowest BCUT2D eigenvalue weighted by atomic mass is 9.67. The molecule has 0 unspecified atom stereocenters. The van der Waals surface area contributed by atoms with Crippen molar-refractivity contribution in [1.82, 2.24) is 20.6 Å². The highest BCUT2D eigenvalue weighted by Gasteiger charge is 2.35. The lowest BCUT2D eigenvalue weighted by Gasteiger charge is -2.43. The summed E-state index contributed by atoms with van der Waals surface area (Å²) in [5.74, 6) is 0. The third-order valence-electron chi connectivity index (χ3n) is 5.98. The Balaban J connectivity index is 0.00000131. The van der Waals surface area contributed by atoms with Crippen LogP contribution in [0.4, 0.5) is 0 Å². The van der Waals surface area contributed by atoms with E-state index in [2.05, 4.69) is 27.1 Å². The Morgan fingerprint density at radius 3 is 2.63 bits per heavy atom. The average Bonchev–Trinajstić information content (AvgIpc) is 3.14. The first-order chi connectivity index (χ1) is 12.3. The molecule has 0 radical (unpaired) electrons. The number of nitrogens with zero attached hydrogens (tertiary/aromatic N) is 2. The zero-order chi connectivity index (χ0) is 17.0. The standard InChI is InChI=1S/C20H28N4S.2ClH/c1-2-16(14-22-10-1)19-24-18(15-25-19)5-11-23-17-3-6-20(7-4-17)8-12-21-13-9-20;;/h1-2,10,14-15,17,21,23H,3-9,11-13H2;2*1H. The SMILES string of the molecule is Cl.Cl.c1cncc(-c2nc(CCNC3CCC4(CCNCC4)CC3)cs2)c1. The summed E-state index contributed by atoms with van der Waals surface area (Å²) in [5.41, 5.74) is 2.98. The molecule has 1 saturated carbocycles. The van der Waals surface area contributed by atoms with Gasteiger partial charge >= 0.3 is 0 Å². The van der Waals surface area contributed by atoms with E-state index in [1.165, 1.54) is 57.3 Å². The van der Waals surface area contributed by atoms with Crippen molar-refractivity contribution >= 4 is 36.2 Å². The van der Waals surface area contributed by atoms with Gasteiger partial charge in [-0.15, -0.1) is 36.2 Å². The molecule has 27 heavy (non-hydrogen) atoms. The van der Waals surface area contributed by atoms with Gasteiger partial charge in [0, 0.05) is 42.3 Å². The molecule has 7 heteroatoms. The van der Waals surface area contributed by atoms with Crippen LogP contribution >= 0.6 is 36.2 Å². The van der Waals surface area contributed by atoms with Gasteiger partial charge in [-0.25, -0.2) is 4.98 Å². The van der Waals surface area contributed by atoms with E-state index in [0.29, 0.717) is 11.5 Å². The largest absolute Gasteiger partial charge is 0.317 e. The maximum Gasteiger partial charge on any atom is 0.125 e. The van der Waals surface area contributed by atoms with Gasteiger partial charge in [0.2, 0.25) is 0 Å². The second-order valence-corrected chi connectivity index (χ2v) is 8.47. The first-order valence-electron chi connectivity index (χ1n) is 9.62. The Labute approximate surface area is 178 Å². The summed E-state index contributed by atoms with van der Waals surface area (Å²) >= 11 is 1.72. The maximum atomic E-state index is 4.76. The second-order valence-electron chi connectivity index (χ2n) is 7.61. The van der Waals surface area contributed by atoms with E-state index in [0.717, 1.165) is 23.5 Å². The minimum Gasteiger partial charge on any atom is -0.317 e. The van der Waals surface area contributed by atoms with E-state index < -0.39 is 0 Å². The monoisotopic (exact) mass is 428 g/mol. The normalized spacial score (nSPS) is 19.3. The van der Waals surface area contributed by atoms with E-state index in [1.54, 1.807) is 17.5 Å². The fourth-order valence-electron chi connectivity index (χ4n) is 4.34. The van der Waals surface area contributed by atoms with E-state index in [1.807, 2.05) is 12.3 Å². The molecule has 2 N–H and O–H groups in total. The Morgan fingerprint density at radius 2 is 1.93 bits per heavy atom. The molecule has 1 aliphatic carbocycles. The molecule has 1 aliphatic heterocycles. The molecule has 4 rings (SSSR count). The number of thiazole rings is 1. The van der Waals surface area contributed by atoms with Gasteiger partial charge in [0.15, 0.2) is 0 Å². The molecule has 1 saturated heterocycles. The van der Waals surface area contributed by atoms with Gasteiger partial charge in [0.05, 0.1) is 5.69 Å². The summed E-state index contributed by atoms with van der Waals surface area (Å²) in [4.78, 5) is 8.94. The van der Waals surface area contributed by atoms with Crippen LogP contribution in [0.15, 0.2) is 29.9 Å². The molecule has 0 atom stereocenters. The number of hydrogen-bond donors (Lipinski definition) is 2. The zero-order valence-corrected chi connectivity index (χ0v) is 18.1. The lowest BCUT2D eigenvalue weighted by molar-refractivity contribution is 0.116. The van der Waals surface area contributed by atoms with Crippen LogP contribution in [0.5, 0.6) is 0 Å². The average molecular weight is 429 g/mol.